The van der Waals surface area contributed by atoms with Crippen molar-refractivity contribution in [2.45, 2.75) is 6.54 Å². The molecule has 30 heavy (non-hydrogen) atoms. The van der Waals surface area contributed by atoms with Crippen molar-refractivity contribution >= 4 is 29.5 Å². The van der Waals surface area contributed by atoms with Gasteiger partial charge in [-0.1, -0.05) is 54.1 Å². The van der Waals surface area contributed by atoms with E-state index in [4.69, 9.17) is 11.6 Å². The van der Waals surface area contributed by atoms with Crippen molar-refractivity contribution in [3.05, 3.63) is 101 Å². The third kappa shape index (κ3) is 4.79. The second-order valence-corrected chi connectivity index (χ2v) is 6.91. The van der Waals surface area contributed by atoms with Gasteiger partial charge in [-0.3, -0.25) is 9.78 Å². The fraction of sp³-hybridized carbons (Fsp3) is 0.0435. The van der Waals surface area contributed by atoms with Crippen molar-refractivity contribution < 1.29 is 4.79 Å². The largest absolute Gasteiger partial charge is 0.350 e. The Morgan fingerprint density at radius 3 is 2.57 bits per heavy atom. The summed E-state index contributed by atoms with van der Waals surface area (Å²) in [7, 11) is 0. The summed E-state index contributed by atoms with van der Waals surface area (Å²) >= 11 is 5.91. The minimum Gasteiger partial charge on any atom is -0.350 e. The predicted octanol–water partition coefficient (Wildman–Crippen LogP) is 4.96. The molecule has 7 heteroatoms. The molecule has 0 fully saturated rings. The molecule has 0 aliphatic carbocycles. The zero-order valence-electron chi connectivity index (χ0n) is 15.9. The molecular formula is C23H18ClN5O. The zero-order chi connectivity index (χ0) is 20.8. The first-order valence-corrected chi connectivity index (χ1v) is 9.70. The molecule has 4 rings (SSSR count). The number of pyridine rings is 1. The highest BCUT2D eigenvalue weighted by Crippen LogP contribution is 2.18. The van der Waals surface area contributed by atoms with Crippen molar-refractivity contribution in [2.75, 3.05) is 5.32 Å². The van der Waals surface area contributed by atoms with E-state index in [-0.39, 0.29) is 5.91 Å². The predicted molar refractivity (Wildman–Crippen MR) is 118 cm³/mol. The number of hydrogen-bond acceptors (Lipinski definition) is 5. The van der Waals surface area contributed by atoms with E-state index in [1.807, 2.05) is 48.5 Å². The second kappa shape index (κ2) is 9.15. The third-order valence-electron chi connectivity index (χ3n) is 4.32. The lowest BCUT2D eigenvalue weighted by Crippen LogP contribution is -2.14. The van der Waals surface area contributed by atoms with E-state index in [0.29, 0.717) is 23.3 Å². The zero-order valence-corrected chi connectivity index (χ0v) is 16.7. The number of nitrogens with zero attached hydrogens (tertiary/aromatic N) is 4. The lowest BCUT2D eigenvalue weighted by Gasteiger charge is -2.05. The molecule has 0 saturated heterocycles. The average molecular weight is 416 g/mol. The van der Waals surface area contributed by atoms with Gasteiger partial charge >= 0.3 is 0 Å². The van der Waals surface area contributed by atoms with Crippen molar-refractivity contribution in [3.63, 3.8) is 0 Å². The monoisotopic (exact) mass is 415 g/mol. The molecule has 0 aliphatic heterocycles. The Hall–Kier alpha value is -3.77. The summed E-state index contributed by atoms with van der Waals surface area (Å²) < 4.78 is 1.26. The van der Waals surface area contributed by atoms with Crippen LogP contribution < -0.4 is 5.32 Å². The van der Waals surface area contributed by atoms with E-state index in [2.05, 4.69) is 20.4 Å². The highest BCUT2D eigenvalue weighted by molar-refractivity contribution is 6.30. The molecule has 0 spiro atoms. The highest BCUT2D eigenvalue weighted by atomic mass is 35.5. The van der Waals surface area contributed by atoms with Crippen LogP contribution in [-0.2, 0) is 6.54 Å². The molecule has 2 heterocycles. The fourth-order valence-electron chi connectivity index (χ4n) is 2.79. The normalized spacial score (nSPS) is 11.0. The van der Waals surface area contributed by atoms with Gasteiger partial charge in [0.25, 0.3) is 5.91 Å². The molecule has 0 saturated carbocycles. The van der Waals surface area contributed by atoms with Crippen LogP contribution in [-0.4, -0.2) is 25.7 Å². The number of allylic oxidation sites excluding steroid dienone is 1. The topological polar surface area (TPSA) is 72.7 Å². The second-order valence-electron chi connectivity index (χ2n) is 6.47. The van der Waals surface area contributed by atoms with Crippen LogP contribution in [0.5, 0.6) is 0 Å². The lowest BCUT2D eigenvalue weighted by atomic mass is 10.2. The molecule has 0 aliphatic rings. The number of hydrogen-bond donors (Lipinski definition) is 1. The summed E-state index contributed by atoms with van der Waals surface area (Å²) in [4.78, 5) is 21.5. The number of rotatable bonds is 6. The number of carbonyl (C=O) groups is 1. The van der Waals surface area contributed by atoms with Crippen LogP contribution in [0.1, 0.15) is 15.9 Å². The molecule has 0 bridgehead atoms. The number of aromatic nitrogens is 4. The summed E-state index contributed by atoms with van der Waals surface area (Å²) in [5.41, 5.74) is 2.66. The van der Waals surface area contributed by atoms with Gasteiger partial charge in [-0.05, 0) is 41.5 Å². The van der Waals surface area contributed by atoms with E-state index < -0.39 is 0 Å². The molecule has 6 nitrogen and oxygen atoms in total. The Morgan fingerprint density at radius 1 is 1.03 bits per heavy atom. The van der Waals surface area contributed by atoms with E-state index in [9.17, 15) is 4.79 Å². The molecule has 4 aromatic rings. The molecule has 2 aromatic carbocycles. The Kier molecular flexibility index (Phi) is 5.96. The van der Waals surface area contributed by atoms with Gasteiger partial charge < -0.3 is 5.32 Å². The van der Waals surface area contributed by atoms with Crippen molar-refractivity contribution in [2.24, 2.45) is 0 Å². The van der Waals surface area contributed by atoms with Crippen LogP contribution in [0, 0.1) is 0 Å². The van der Waals surface area contributed by atoms with Crippen LogP contribution in [0.2, 0.25) is 5.02 Å². The van der Waals surface area contributed by atoms with Crippen molar-refractivity contribution in [1.29, 1.82) is 0 Å². The Morgan fingerprint density at radius 2 is 1.83 bits per heavy atom. The number of benzene rings is 2. The maximum atomic E-state index is 12.9. The Labute approximate surface area is 178 Å². The van der Waals surface area contributed by atoms with Crippen molar-refractivity contribution in [1.82, 2.24) is 19.7 Å². The van der Waals surface area contributed by atoms with E-state index in [1.54, 1.807) is 36.7 Å². The van der Waals surface area contributed by atoms with E-state index >= 15 is 0 Å². The number of nitrogens with one attached hydrogen (secondary N) is 1. The lowest BCUT2D eigenvalue weighted by molar-refractivity contribution is 0.0957. The van der Waals surface area contributed by atoms with Gasteiger partial charge in [0.15, 0.2) is 5.82 Å². The Balaban J connectivity index is 1.61. The SMILES string of the molecule is O=C(C=Cc1ccc(Cl)cc1)n1nc(-c2cccnc2)nc1NCc1ccccc1. The fourth-order valence-corrected chi connectivity index (χ4v) is 2.91. The van der Waals surface area contributed by atoms with Gasteiger partial charge in [0, 0.05) is 35.6 Å². The van der Waals surface area contributed by atoms with Gasteiger partial charge in [-0.15, -0.1) is 5.10 Å². The van der Waals surface area contributed by atoms with Crippen molar-refractivity contribution in [3.8, 4) is 11.4 Å². The summed E-state index contributed by atoms with van der Waals surface area (Å²) in [5, 5.41) is 8.25. The first-order valence-electron chi connectivity index (χ1n) is 9.32. The molecule has 0 atom stereocenters. The van der Waals surface area contributed by atoms with E-state index in [1.165, 1.54) is 10.8 Å². The molecule has 0 unspecified atom stereocenters. The summed E-state index contributed by atoms with van der Waals surface area (Å²) in [5.74, 6) is 0.471. The quantitative estimate of drug-likeness (QED) is 0.450. The van der Waals surface area contributed by atoms with Crippen LogP contribution in [0.4, 0.5) is 5.95 Å². The Bertz CT molecular complexity index is 1160. The standard InChI is InChI=1S/C23H18ClN5O/c24-20-11-8-17(9-12-20)10-13-21(30)29-23(26-15-18-5-2-1-3-6-18)27-22(28-29)19-7-4-14-25-16-19/h1-14,16H,15H2,(H,26,27,28). The molecule has 148 valence electrons. The molecule has 0 amide bonds. The first-order chi connectivity index (χ1) is 14.7. The number of carbonyl (C=O) groups excluding carboxylic acids is 1. The molecule has 1 N–H and O–H groups in total. The maximum absolute atomic E-state index is 12.9. The third-order valence-corrected chi connectivity index (χ3v) is 4.57. The van der Waals surface area contributed by atoms with E-state index in [0.717, 1.165) is 16.7 Å². The van der Waals surface area contributed by atoms with Crippen LogP contribution in [0.25, 0.3) is 17.5 Å². The van der Waals surface area contributed by atoms with Crippen LogP contribution in [0.3, 0.4) is 0 Å². The average Bonchev–Trinajstić information content (AvgIpc) is 3.23. The van der Waals surface area contributed by atoms with Gasteiger partial charge in [-0.25, -0.2) is 0 Å². The highest BCUT2D eigenvalue weighted by Gasteiger charge is 2.15. The van der Waals surface area contributed by atoms with Gasteiger partial charge in [0.05, 0.1) is 0 Å². The van der Waals surface area contributed by atoms with Crippen LogP contribution >= 0.6 is 11.6 Å². The maximum Gasteiger partial charge on any atom is 0.274 e. The van der Waals surface area contributed by atoms with Gasteiger partial charge in [0.1, 0.15) is 0 Å². The van der Waals surface area contributed by atoms with Crippen LogP contribution in [0.15, 0.2) is 85.2 Å². The van der Waals surface area contributed by atoms with Gasteiger partial charge in [0.2, 0.25) is 5.95 Å². The summed E-state index contributed by atoms with van der Waals surface area (Å²) in [6, 6.07) is 20.7. The minimum absolute atomic E-state index is 0.317. The molecule has 0 radical (unpaired) electrons. The molecule has 2 aromatic heterocycles. The number of anilines is 1. The molecular weight excluding hydrogens is 398 g/mol. The number of halogens is 1. The smallest absolute Gasteiger partial charge is 0.274 e. The summed E-state index contributed by atoms with van der Waals surface area (Å²) in [6.45, 7) is 0.514. The summed E-state index contributed by atoms with van der Waals surface area (Å²) in [6.07, 6.45) is 6.51. The first kappa shape index (κ1) is 19.5. The van der Waals surface area contributed by atoms with Gasteiger partial charge in [-0.2, -0.15) is 9.67 Å². The minimum atomic E-state index is -0.317.